The molecule has 0 bridgehead atoms. The molecule has 5 heteroatoms. The second kappa shape index (κ2) is 3.04. The topological polar surface area (TPSA) is 43.4 Å². The van der Waals surface area contributed by atoms with Gasteiger partial charge >= 0.3 is 5.82 Å². The molecule has 0 aliphatic heterocycles. The molecule has 0 aromatic carbocycles. The summed E-state index contributed by atoms with van der Waals surface area (Å²) >= 11 is 4.23. The summed E-state index contributed by atoms with van der Waals surface area (Å²) in [4.78, 5) is 10.3. The number of hydrogen-bond acceptors (Lipinski definition) is 3. The number of rotatable bonds is 1. The zero-order valence-corrected chi connectivity index (χ0v) is 8.45. The van der Waals surface area contributed by atoms with Crippen molar-refractivity contribution >= 4 is 45.2 Å². The SMILES string of the molecule is O=c1occ(C(I)I)o1. The first-order chi connectivity index (χ1) is 4.20. The maximum Gasteiger partial charge on any atom is 0.518 e. The van der Waals surface area contributed by atoms with Gasteiger partial charge in [-0.25, -0.2) is 4.79 Å². The van der Waals surface area contributed by atoms with Crippen LogP contribution in [0.1, 0.15) is 7.69 Å². The Hall–Kier alpha value is 0.470. The van der Waals surface area contributed by atoms with Crippen molar-refractivity contribution in [2.75, 3.05) is 0 Å². The Kier molecular flexibility index (Phi) is 2.56. The number of hydrogen-bond donors (Lipinski definition) is 0. The first-order valence-corrected chi connectivity index (χ1v) is 4.56. The molecule has 0 amide bonds. The molecular weight excluding hydrogens is 350 g/mol. The van der Waals surface area contributed by atoms with Crippen LogP contribution in [-0.2, 0) is 0 Å². The molecule has 0 saturated heterocycles. The van der Waals surface area contributed by atoms with Gasteiger partial charge in [0.2, 0.25) is 0 Å². The molecule has 0 radical (unpaired) electrons. The Labute approximate surface area is 78.1 Å². The average molecular weight is 352 g/mol. The number of alkyl halides is 2. The van der Waals surface area contributed by atoms with Gasteiger partial charge in [0.05, 0.1) is 0 Å². The molecule has 3 nitrogen and oxygen atoms in total. The van der Waals surface area contributed by atoms with E-state index in [2.05, 4.69) is 54.0 Å². The third-order valence-corrected chi connectivity index (χ3v) is 1.92. The highest BCUT2D eigenvalue weighted by atomic mass is 127. The molecule has 1 aromatic heterocycles. The minimum absolute atomic E-state index is 0.159. The quantitative estimate of drug-likeness (QED) is 0.575. The van der Waals surface area contributed by atoms with Crippen molar-refractivity contribution in [2.24, 2.45) is 0 Å². The van der Waals surface area contributed by atoms with Crippen molar-refractivity contribution in [1.29, 1.82) is 0 Å². The molecular formula is C4H2I2O3. The van der Waals surface area contributed by atoms with Crippen molar-refractivity contribution < 1.29 is 8.83 Å². The first-order valence-electron chi connectivity index (χ1n) is 2.07. The number of halogens is 2. The van der Waals surface area contributed by atoms with Crippen LogP contribution in [0.2, 0.25) is 0 Å². The van der Waals surface area contributed by atoms with Gasteiger partial charge < -0.3 is 8.83 Å². The van der Waals surface area contributed by atoms with Crippen molar-refractivity contribution in [1.82, 2.24) is 0 Å². The molecule has 0 N–H and O–H groups in total. The Morgan fingerprint density at radius 3 is 2.44 bits per heavy atom. The van der Waals surface area contributed by atoms with Gasteiger partial charge in [0.1, 0.15) is 8.19 Å². The van der Waals surface area contributed by atoms with Crippen LogP contribution >= 0.6 is 45.2 Å². The van der Waals surface area contributed by atoms with E-state index in [-0.39, 0.29) is 1.93 Å². The van der Waals surface area contributed by atoms with Crippen molar-refractivity contribution in [2.45, 2.75) is 1.93 Å². The Morgan fingerprint density at radius 2 is 2.22 bits per heavy atom. The second-order valence-electron chi connectivity index (χ2n) is 1.29. The van der Waals surface area contributed by atoms with Crippen LogP contribution in [0.3, 0.4) is 0 Å². The third kappa shape index (κ3) is 1.95. The highest BCUT2D eigenvalue weighted by Gasteiger charge is 2.07. The van der Waals surface area contributed by atoms with Crippen LogP contribution in [0.5, 0.6) is 0 Å². The second-order valence-corrected chi connectivity index (χ2v) is 6.17. The molecule has 0 atom stereocenters. The summed E-state index contributed by atoms with van der Waals surface area (Å²) in [6.07, 6.45) is 1.33. The lowest BCUT2D eigenvalue weighted by Crippen LogP contribution is -1.85. The van der Waals surface area contributed by atoms with E-state index >= 15 is 0 Å². The van der Waals surface area contributed by atoms with E-state index < -0.39 is 5.82 Å². The summed E-state index contributed by atoms with van der Waals surface area (Å²) in [7, 11) is 0. The minimum atomic E-state index is -0.636. The minimum Gasteiger partial charge on any atom is -0.399 e. The smallest absolute Gasteiger partial charge is 0.399 e. The third-order valence-electron chi connectivity index (χ3n) is 0.688. The predicted octanol–water partition coefficient (Wildman–Crippen LogP) is 2.10. The Bertz CT molecular complexity index is 236. The lowest BCUT2D eigenvalue weighted by atomic mass is 10.6. The van der Waals surface area contributed by atoms with E-state index in [0.29, 0.717) is 5.76 Å². The van der Waals surface area contributed by atoms with Gasteiger partial charge in [-0.05, 0) is 0 Å². The van der Waals surface area contributed by atoms with E-state index in [1.165, 1.54) is 6.26 Å². The molecule has 50 valence electrons. The Balaban J connectivity index is 2.98. The van der Waals surface area contributed by atoms with Crippen molar-refractivity contribution in [3.63, 3.8) is 0 Å². The van der Waals surface area contributed by atoms with E-state index in [1.807, 2.05) is 0 Å². The van der Waals surface area contributed by atoms with Gasteiger partial charge in [-0.3, -0.25) is 0 Å². The average Bonchev–Trinajstić information content (AvgIpc) is 2.14. The standard InChI is InChI=1S/C4H2I2O3/c5-3(6)2-1-8-4(7)9-2/h1,3H. The summed E-state index contributed by atoms with van der Waals surface area (Å²) in [5, 5.41) is 0. The van der Waals surface area contributed by atoms with Crippen LogP contribution in [-0.4, -0.2) is 0 Å². The lowest BCUT2D eigenvalue weighted by molar-refractivity contribution is 0.378. The summed E-state index contributed by atoms with van der Waals surface area (Å²) in [5.74, 6) is -0.0652. The summed E-state index contributed by atoms with van der Waals surface area (Å²) in [5.41, 5.74) is 0. The van der Waals surface area contributed by atoms with Gasteiger partial charge in [-0.2, -0.15) is 0 Å². The summed E-state index contributed by atoms with van der Waals surface area (Å²) in [6.45, 7) is 0. The molecule has 1 aromatic rings. The lowest BCUT2D eigenvalue weighted by Gasteiger charge is -1.87. The molecule has 0 spiro atoms. The molecule has 0 aliphatic rings. The van der Waals surface area contributed by atoms with Gasteiger partial charge in [-0.1, -0.05) is 45.2 Å². The summed E-state index contributed by atoms with van der Waals surface area (Å²) < 4.78 is 9.16. The highest BCUT2D eigenvalue weighted by Crippen LogP contribution is 2.29. The fourth-order valence-electron chi connectivity index (χ4n) is 0.347. The van der Waals surface area contributed by atoms with Crippen LogP contribution in [0.15, 0.2) is 19.9 Å². The van der Waals surface area contributed by atoms with Crippen molar-refractivity contribution in [3.8, 4) is 0 Å². The zero-order valence-electron chi connectivity index (χ0n) is 4.14. The van der Waals surface area contributed by atoms with Gasteiger partial charge in [-0.15, -0.1) is 0 Å². The van der Waals surface area contributed by atoms with Gasteiger partial charge in [0.25, 0.3) is 0 Å². The Morgan fingerprint density at radius 1 is 1.56 bits per heavy atom. The van der Waals surface area contributed by atoms with Gasteiger partial charge in [0, 0.05) is 0 Å². The van der Waals surface area contributed by atoms with E-state index in [9.17, 15) is 4.79 Å². The highest BCUT2D eigenvalue weighted by molar-refractivity contribution is 14.2. The monoisotopic (exact) mass is 352 g/mol. The maximum atomic E-state index is 10.3. The molecule has 9 heavy (non-hydrogen) atoms. The summed E-state index contributed by atoms with van der Waals surface area (Å²) in [6, 6.07) is 0. The van der Waals surface area contributed by atoms with E-state index in [4.69, 9.17) is 0 Å². The molecule has 0 unspecified atom stereocenters. The molecule has 0 saturated carbocycles. The van der Waals surface area contributed by atoms with Gasteiger partial charge in [0.15, 0.2) is 5.76 Å². The van der Waals surface area contributed by atoms with Crippen LogP contribution in [0, 0.1) is 0 Å². The molecule has 1 rings (SSSR count). The fraction of sp³-hybridized carbons (Fsp3) is 0.250. The molecule has 0 aliphatic carbocycles. The predicted molar refractivity (Wildman–Crippen MR) is 48.0 cm³/mol. The van der Waals surface area contributed by atoms with Crippen LogP contribution in [0.4, 0.5) is 0 Å². The first kappa shape index (κ1) is 7.58. The zero-order chi connectivity index (χ0) is 6.85. The van der Waals surface area contributed by atoms with Crippen LogP contribution < -0.4 is 5.82 Å². The van der Waals surface area contributed by atoms with Crippen molar-refractivity contribution in [3.05, 3.63) is 22.6 Å². The van der Waals surface area contributed by atoms with E-state index in [0.717, 1.165) is 0 Å². The van der Waals surface area contributed by atoms with Crippen LogP contribution in [0.25, 0.3) is 0 Å². The normalized spacial score (nSPS) is 10.6. The van der Waals surface area contributed by atoms with E-state index in [1.54, 1.807) is 0 Å². The molecule has 1 heterocycles. The maximum absolute atomic E-state index is 10.3. The fourth-order valence-corrected chi connectivity index (χ4v) is 0.894. The molecule has 0 fully saturated rings. The largest absolute Gasteiger partial charge is 0.518 e.